The van der Waals surface area contributed by atoms with Gasteiger partial charge in [-0.25, -0.2) is 0 Å². The number of aryl methyl sites for hydroxylation is 1. The lowest BCUT2D eigenvalue weighted by Crippen LogP contribution is -2.39. The largest absolute Gasteiger partial charge is 0.494 e. The molecule has 7 heteroatoms. The molecule has 0 spiro atoms. The van der Waals surface area contributed by atoms with Crippen LogP contribution >= 0.6 is 0 Å². The zero-order valence-electron chi connectivity index (χ0n) is 20.1. The summed E-state index contributed by atoms with van der Waals surface area (Å²) < 4.78 is 16.9. The number of nitrogens with one attached hydrogen (secondary N) is 1. The lowest BCUT2D eigenvalue weighted by atomic mass is 10.1. The third-order valence-corrected chi connectivity index (χ3v) is 5.57. The Morgan fingerprint density at radius 3 is 2.63 bits per heavy atom. The first-order valence-corrected chi connectivity index (χ1v) is 11.8. The van der Waals surface area contributed by atoms with Crippen molar-refractivity contribution in [2.24, 2.45) is 0 Å². The molecule has 3 aromatic carbocycles. The molecule has 2 amide bonds. The van der Waals surface area contributed by atoms with Gasteiger partial charge in [-0.05, 0) is 73.9 Å². The standard InChI is InChI=1S/C28H30N2O5/c1-3-33-23-11-8-21(9-12-23)17-27(31)29-22-10-13-26-25(18-22)30(28(32)19-35-26)14-5-15-34-24-7-4-6-20(2)16-24/h4,6-13,16,18H,3,5,14-15,17,19H2,1-2H3,(H,29,31). The summed E-state index contributed by atoms with van der Waals surface area (Å²) in [5.41, 5.74) is 3.28. The van der Waals surface area contributed by atoms with Gasteiger partial charge in [-0.2, -0.15) is 0 Å². The minimum atomic E-state index is -0.143. The lowest BCUT2D eigenvalue weighted by Gasteiger charge is -2.30. The summed E-state index contributed by atoms with van der Waals surface area (Å²) in [7, 11) is 0. The molecule has 0 fully saturated rings. The number of nitrogens with zero attached hydrogens (tertiary/aromatic N) is 1. The molecular weight excluding hydrogens is 444 g/mol. The summed E-state index contributed by atoms with van der Waals surface area (Å²) in [6.07, 6.45) is 0.895. The van der Waals surface area contributed by atoms with E-state index in [-0.39, 0.29) is 24.8 Å². The molecule has 0 bridgehead atoms. The van der Waals surface area contributed by atoms with E-state index < -0.39 is 0 Å². The second kappa shape index (κ2) is 11.4. The van der Waals surface area contributed by atoms with E-state index in [1.54, 1.807) is 23.1 Å². The van der Waals surface area contributed by atoms with Crippen molar-refractivity contribution >= 4 is 23.2 Å². The number of carbonyl (C=O) groups is 2. The molecule has 0 unspecified atom stereocenters. The highest BCUT2D eigenvalue weighted by Crippen LogP contribution is 2.34. The van der Waals surface area contributed by atoms with Crippen molar-refractivity contribution in [2.75, 3.05) is 36.6 Å². The van der Waals surface area contributed by atoms with Gasteiger partial charge in [0.2, 0.25) is 5.91 Å². The Hall–Kier alpha value is -4.00. The van der Waals surface area contributed by atoms with E-state index in [4.69, 9.17) is 14.2 Å². The van der Waals surface area contributed by atoms with Gasteiger partial charge < -0.3 is 24.4 Å². The Kier molecular flexibility index (Phi) is 7.88. The van der Waals surface area contributed by atoms with Gasteiger partial charge in [0.15, 0.2) is 6.61 Å². The summed E-state index contributed by atoms with van der Waals surface area (Å²) in [5.74, 6) is 1.95. The highest BCUT2D eigenvalue weighted by Gasteiger charge is 2.25. The fourth-order valence-electron chi connectivity index (χ4n) is 3.90. The Labute approximate surface area is 205 Å². The predicted molar refractivity (Wildman–Crippen MR) is 136 cm³/mol. The van der Waals surface area contributed by atoms with Crippen LogP contribution in [-0.4, -0.2) is 38.2 Å². The number of hydrogen-bond acceptors (Lipinski definition) is 5. The average molecular weight is 475 g/mol. The highest BCUT2D eigenvalue weighted by atomic mass is 16.5. The second-order valence-corrected chi connectivity index (χ2v) is 8.34. The number of ether oxygens (including phenoxy) is 3. The third kappa shape index (κ3) is 6.53. The minimum Gasteiger partial charge on any atom is -0.494 e. The van der Waals surface area contributed by atoms with Crippen LogP contribution in [0, 0.1) is 6.92 Å². The third-order valence-electron chi connectivity index (χ3n) is 5.57. The molecule has 1 aliphatic rings. The molecule has 0 atom stereocenters. The van der Waals surface area contributed by atoms with Crippen molar-refractivity contribution in [1.82, 2.24) is 0 Å². The molecule has 0 radical (unpaired) electrons. The number of anilines is 2. The van der Waals surface area contributed by atoms with Gasteiger partial charge in [0.1, 0.15) is 17.2 Å². The molecular formula is C28H30N2O5. The van der Waals surface area contributed by atoms with Gasteiger partial charge in [-0.3, -0.25) is 9.59 Å². The maximum absolute atomic E-state index is 12.6. The normalized spacial score (nSPS) is 12.5. The van der Waals surface area contributed by atoms with Gasteiger partial charge in [-0.1, -0.05) is 24.3 Å². The molecule has 1 N–H and O–H groups in total. The van der Waals surface area contributed by atoms with Crippen molar-refractivity contribution in [2.45, 2.75) is 26.7 Å². The van der Waals surface area contributed by atoms with E-state index >= 15 is 0 Å². The van der Waals surface area contributed by atoms with Crippen molar-refractivity contribution < 1.29 is 23.8 Å². The van der Waals surface area contributed by atoms with Gasteiger partial charge >= 0.3 is 0 Å². The Morgan fingerprint density at radius 1 is 1.03 bits per heavy atom. The number of amides is 2. The molecule has 1 aliphatic heterocycles. The van der Waals surface area contributed by atoms with E-state index in [1.807, 2.05) is 62.4 Å². The fourth-order valence-corrected chi connectivity index (χ4v) is 3.90. The van der Waals surface area contributed by atoms with E-state index in [9.17, 15) is 9.59 Å². The fraction of sp³-hybridized carbons (Fsp3) is 0.286. The quantitative estimate of drug-likeness (QED) is 0.429. The van der Waals surface area contributed by atoms with Crippen molar-refractivity contribution in [3.05, 3.63) is 77.9 Å². The zero-order chi connectivity index (χ0) is 24.6. The molecule has 35 heavy (non-hydrogen) atoms. The number of benzene rings is 3. The van der Waals surface area contributed by atoms with Crippen molar-refractivity contribution in [3.63, 3.8) is 0 Å². The summed E-state index contributed by atoms with van der Waals surface area (Å²) in [6.45, 7) is 5.52. The molecule has 1 heterocycles. The molecule has 182 valence electrons. The van der Waals surface area contributed by atoms with Gasteiger partial charge in [0, 0.05) is 12.2 Å². The molecule has 0 aromatic heterocycles. The number of fused-ring (bicyclic) bond motifs is 1. The first-order valence-electron chi connectivity index (χ1n) is 11.8. The van der Waals surface area contributed by atoms with Crippen LogP contribution in [0.4, 0.5) is 11.4 Å². The first kappa shape index (κ1) is 24.1. The molecule has 0 aliphatic carbocycles. The monoisotopic (exact) mass is 474 g/mol. The van der Waals surface area contributed by atoms with Gasteiger partial charge in [0.25, 0.3) is 5.91 Å². The Balaban J connectivity index is 1.36. The van der Waals surface area contributed by atoms with Gasteiger partial charge in [-0.15, -0.1) is 0 Å². The summed E-state index contributed by atoms with van der Waals surface area (Å²) >= 11 is 0. The smallest absolute Gasteiger partial charge is 0.265 e. The van der Waals surface area contributed by atoms with Crippen LogP contribution < -0.4 is 24.4 Å². The number of hydrogen-bond donors (Lipinski definition) is 1. The molecule has 0 saturated carbocycles. The maximum atomic E-state index is 12.6. The highest BCUT2D eigenvalue weighted by molar-refractivity contribution is 5.99. The van der Waals surface area contributed by atoms with Gasteiger partial charge in [0.05, 0.1) is 25.3 Å². The van der Waals surface area contributed by atoms with Crippen LogP contribution in [0.5, 0.6) is 17.2 Å². The van der Waals surface area contributed by atoms with Crippen molar-refractivity contribution in [1.29, 1.82) is 0 Å². The lowest BCUT2D eigenvalue weighted by molar-refractivity contribution is -0.121. The molecule has 3 aromatic rings. The topological polar surface area (TPSA) is 77.1 Å². The van der Waals surface area contributed by atoms with E-state index in [2.05, 4.69) is 5.32 Å². The maximum Gasteiger partial charge on any atom is 0.265 e. The van der Waals surface area contributed by atoms with E-state index in [0.29, 0.717) is 43.3 Å². The van der Waals surface area contributed by atoms with Crippen LogP contribution in [0.3, 0.4) is 0 Å². The van der Waals surface area contributed by atoms with Crippen LogP contribution in [0.25, 0.3) is 0 Å². The zero-order valence-corrected chi connectivity index (χ0v) is 20.1. The number of rotatable bonds is 10. The molecule has 0 saturated heterocycles. The number of carbonyl (C=O) groups excluding carboxylic acids is 2. The predicted octanol–water partition coefficient (Wildman–Crippen LogP) is 4.77. The summed E-state index contributed by atoms with van der Waals surface area (Å²) in [5, 5.41) is 2.92. The first-order chi connectivity index (χ1) is 17.0. The summed E-state index contributed by atoms with van der Waals surface area (Å²) in [6, 6.07) is 20.7. The second-order valence-electron chi connectivity index (χ2n) is 8.34. The van der Waals surface area contributed by atoms with Crippen LogP contribution in [0.15, 0.2) is 66.7 Å². The van der Waals surface area contributed by atoms with Crippen molar-refractivity contribution in [3.8, 4) is 17.2 Å². The minimum absolute atomic E-state index is 0.00478. The van der Waals surface area contributed by atoms with Crippen LogP contribution in [0.1, 0.15) is 24.5 Å². The summed E-state index contributed by atoms with van der Waals surface area (Å²) in [4.78, 5) is 26.9. The molecule has 4 rings (SSSR count). The SMILES string of the molecule is CCOc1ccc(CC(=O)Nc2ccc3c(c2)N(CCCOc2cccc(C)c2)C(=O)CO3)cc1. The molecule has 7 nitrogen and oxygen atoms in total. The van der Waals surface area contributed by atoms with Crippen LogP contribution in [-0.2, 0) is 16.0 Å². The average Bonchev–Trinajstić information content (AvgIpc) is 2.84. The Morgan fingerprint density at radius 2 is 1.86 bits per heavy atom. The van der Waals surface area contributed by atoms with Crippen LogP contribution in [0.2, 0.25) is 0 Å². The van der Waals surface area contributed by atoms with E-state index in [1.165, 1.54) is 0 Å². The van der Waals surface area contributed by atoms with E-state index in [0.717, 1.165) is 22.6 Å². The Bertz CT molecular complexity index is 1180.